The zero-order valence-electron chi connectivity index (χ0n) is 17.2. The van der Waals surface area contributed by atoms with Crippen molar-refractivity contribution in [1.82, 2.24) is 25.5 Å². The highest BCUT2D eigenvalue weighted by molar-refractivity contribution is 6.07. The van der Waals surface area contributed by atoms with E-state index >= 15 is 0 Å². The smallest absolute Gasteiger partial charge is 0.252 e. The van der Waals surface area contributed by atoms with Crippen molar-refractivity contribution in [1.29, 1.82) is 0 Å². The van der Waals surface area contributed by atoms with Crippen molar-refractivity contribution in [2.24, 2.45) is 0 Å². The molecule has 0 bridgehead atoms. The number of aromatic amines is 1. The molecule has 3 aromatic heterocycles. The van der Waals surface area contributed by atoms with Crippen molar-refractivity contribution in [3.8, 4) is 28.6 Å². The lowest BCUT2D eigenvalue weighted by Crippen LogP contribution is -2.24. The van der Waals surface area contributed by atoms with Gasteiger partial charge in [0.1, 0.15) is 17.3 Å². The predicted octanol–water partition coefficient (Wildman–Crippen LogP) is 4.22. The highest BCUT2D eigenvalue weighted by Gasteiger charge is 2.15. The lowest BCUT2D eigenvalue weighted by molar-refractivity contribution is 0.0951. The van der Waals surface area contributed by atoms with Crippen LogP contribution in [0.5, 0.6) is 5.75 Å². The molecule has 32 heavy (non-hydrogen) atoms. The Kier molecular flexibility index (Phi) is 5.09. The molecular formula is C24H19N5O3. The van der Waals surface area contributed by atoms with Crippen LogP contribution in [-0.4, -0.2) is 33.2 Å². The van der Waals surface area contributed by atoms with Gasteiger partial charge in [0.25, 0.3) is 5.91 Å². The predicted molar refractivity (Wildman–Crippen MR) is 119 cm³/mol. The van der Waals surface area contributed by atoms with Gasteiger partial charge in [0, 0.05) is 10.9 Å². The Hall–Kier alpha value is -4.46. The minimum atomic E-state index is -0.237. The van der Waals surface area contributed by atoms with Crippen molar-refractivity contribution in [2.75, 3.05) is 7.11 Å². The van der Waals surface area contributed by atoms with E-state index in [-0.39, 0.29) is 12.5 Å². The summed E-state index contributed by atoms with van der Waals surface area (Å²) in [5.41, 5.74) is 2.67. The fourth-order valence-electron chi connectivity index (χ4n) is 3.42. The van der Waals surface area contributed by atoms with E-state index in [0.717, 1.165) is 16.7 Å². The van der Waals surface area contributed by atoms with E-state index in [1.54, 1.807) is 25.5 Å². The number of carbonyl (C=O) groups is 1. The first-order valence-corrected chi connectivity index (χ1v) is 9.99. The van der Waals surface area contributed by atoms with Gasteiger partial charge in [-0.15, -0.1) is 0 Å². The Morgan fingerprint density at radius 2 is 1.91 bits per heavy atom. The van der Waals surface area contributed by atoms with E-state index in [0.29, 0.717) is 34.2 Å². The van der Waals surface area contributed by atoms with Crippen molar-refractivity contribution in [2.45, 2.75) is 6.54 Å². The van der Waals surface area contributed by atoms with Crippen LogP contribution in [0.25, 0.3) is 33.7 Å². The molecule has 158 valence electrons. The SMILES string of the molecule is COc1ccc(-c2n[nH]c(CNC(=O)c3cc(-c4ccco4)nc4ccccc34)n2)cc1. The number of carbonyl (C=O) groups excluding carboxylic acids is 1. The molecule has 8 nitrogen and oxygen atoms in total. The van der Waals surface area contributed by atoms with Crippen LogP contribution in [0, 0.1) is 0 Å². The van der Waals surface area contributed by atoms with E-state index in [1.165, 1.54) is 0 Å². The Labute approximate surface area is 183 Å². The molecule has 5 rings (SSSR count). The molecule has 0 saturated heterocycles. The second kappa shape index (κ2) is 8.35. The number of methoxy groups -OCH3 is 1. The number of pyridine rings is 1. The molecule has 0 unspecified atom stereocenters. The molecule has 0 radical (unpaired) electrons. The number of amides is 1. The Morgan fingerprint density at radius 1 is 1.06 bits per heavy atom. The molecule has 1 amide bonds. The number of benzene rings is 2. The molecular weight excluding hydrogens is 406 g/mol. The van der Waals surface area contributed by atoms with Crippen LogP contribution in [-0.2, 0) is 6.54 Å². The third-order valence-corrected chi connectivity index (χ3v) is 5.03. The number of hydrogen-bond acceptors (Lipinski definition) is 6. The second-order valence-corrected chi connectivity index (χ2v) is 7.07. The van der Waals surface area contributed by atoms with Crippen LogP contribution in [0.4, 0.5) is 0 Å². The number of H-pyrrole nitrogens is 1. The van der Waals surface area contributed by atoms with E-state index in [1.807, 2.05) is 54.6 Å². The lowest BCUT2D eigenvalue weighted by atomic mass is 10.1. The average Bonchev–Trinajstić information content (AvgIpc) is 3.54. The molecule has 2 aromatic carbocycles. The summed E-state index contributed by atoms with van der Waals surface area (Å²) in [6.07, 6.45) is 1.58. The molecule has 0 aliphatic heterocycles. The Morgan fingerprint density at radius 3 is 2.69 bits per heavy atom. The van der Waals surface area contributed by atoms with Gasteiger partial charge < -0.3 is 14.5 Å². The molecule has 0 atom stereocenters. The highest BCUT2D eigenvalue weighted by Crippen LogP contribution is 2.25. The first-order chi connectivity index (χ1) is 15.7. The third-order valence-electron chi connectivity index (χ3n) is 5.03. The largest absolute Gasteiger partial charge is 0.497 e. The topological polar surface area (TPSA) is 106 Å². The van der Waals surface area contributed by atoms with Gasteiger partial charge in [0.05, 0.1) is 31.0 Å². The standard InChI is InChI=1S/C24H19N5O3/c1-31-16-10-8-15(9-11-16)23-27-22(28-29-23)14-25-24(30)18-13-20(21-7-4-12-32-21)26-19-6-3-2-5-17(18)19/h2-13H,14H2,1H3,(H,25,30)(H,27,28,29). The van der Waals surface area contributed by atoms with Crippen LogP contribution < -0.4 is 10.1 Å². The summed E-state index contributed by atoms with van der Waals surface area (Å²) in [6, 6.07) is 20.3. The van der Waals surface area contributed by atoms with Gasteiger partial charge in [-0.25, -0.2) is 9.97 Å². The van der Waals surface area contributed by atoms with Crippen molar-refractivity contribution in [3.63, 3.8) is 0 Å². The molecule has 0 saturated carbocycles. The molecule has 8 heteroatoms. The summed E-state index contributed by atoms with van der Waals surface area (Å²) in [6.45, 7) is 0.203. The van der Waals surface area contributed by atoms with Gasteiger partial charge >= 0.3 is 0 Å². The van der Waals surface area contributed by atoms with Gasteiger partial charge in [-0.05, 0) is 48.5 Å². The minimum absolute atomic E-state index is 0.203. The van der Waals surface area contributed by atoms with Crippen molar-refractivity contribution in [3.05, 3.63) is 84.4 Å². The van der Waals surface area contributed by atoms with E-state index in [4.69, 9.17) is 9.15 Å². The molecule has 5 aromatic rings. The zero-order chi connectivity index (χ0) is 21.9. The summed E-state index contributed by atoms with van der Waals surface area (Å²) in [5.74, 6) is 2.22. The maximum Gasteiger partial charge on any atom is 0.252 e. The average molecular weight is 425 g/mol. The summed E-state index contributed by atoms with van der Waals surface area (Å²) >= 11 is 0. The van der Waals surface area contributed by atoms with Gasteiger partial charge in [-0.3, -0.25) is 9.89 Å². The Balaban J connectivity index is 1.37. The summed E-state index contributed by atoms with van der Waals surface area (Å²) in [7, 11) is 1.62. The van der Waals surface area contributed by atoms with Gasteiger partial charge in [0.2, 0.25) is 0 Å². The van der Waals surface area contributed by atoms with Gasteiger partial charge in [-0.1, -0.05) is 18.2 Å². The molecule has 0 spiro atoms. The van der Waals surface area contributed by atoms with E-state index in [9.17, 15) is 4.79 Å². The summed E-state index contributed by atoms with van der Waals surface area (Å²) < 4.78 is 10.6. The number of ether oxygens (including phenoxy) is 1. The minimum Gasteiger partial charge on any atom is -0.497 e. The molecule has 0 fully saturated rings. The number of para-hydroxylation sites is 1. The fraction of sp³-hybridized carbons (Fsp3) is 0.0833. The Bertz CT molecular complexity index is 1370. The molecule has 0 aliphatic rings. The maximum absolute atomic E-state index is 13.1. The van der Waals surface area contributed by atoms with Crippen LogP contribution in [0.1, 0.15) is 16.2 Å². The highest BCUT2D eigenvalue weighted by atomic mass is 16.5. The number of aromatic nitrogens is 4. The number of nitrogens with one attached hydrogen (secondary N) is 2. The van der Waals surface area contributed by atoms with Crippen molar-refractivity contribution >= 4 is 16.8 Å². The van der Waals surface area contributed by atoms with Crippen molar-refractivity contribution < 1.29 is 13.9 Å². The molecule has 0 aliphatic carbocycles. The molecule has 3 heterocycles. The summed E-state index contributed by atoms with van der Waals surface area (Å²) in [4.78, 5) is 22.1. The number of fused-ring (bicyclic) bond motifs is 1. The number of nitrogens with zero attached hydrogens (tertiary/aromatic N) is 3. The monoisotopic (exact) mass is 425 g/mol. The second-order valence-electron chi connectivity index (χ2n) is 7.07. The van der Waals surface area contributed by atoms with Gasteiger partial charge in [0.15, 0.2) is 11.6 Å². The van der Waals surface area contributed by atoms with E-state index < -0.39 is 0 Å². The van der Waals surface area contributed by atoms with Crippen LogP contribution in [0.15, 0.2) is 77.4 Å². The van der Waals surface area contributed by atoms with Gasteiger partial charge in [-0.2, -0.15) is 5.10 Å². The fourth-order valence-corrected chi connectivity index (χ4v) is 3.42. The summed E-state index contributed by atoms with van der Waals surface area (Å²) in [5, 5.41) is 10.8. The number of furan rings is 1. The quantitative estimate of drug-likeness (QED) is 0.422. The zero-order valence-corrected chi connectivity index (χ0v) is 17.2. The normalized spacial score (nSPS) is 10.9. The number of rotatable bonds is 6. The first kappa shape index (κ1) is 19.5. The first-order valence-electron chi connectivity index (χ1n) is 9.99. The van der Waals surface area contributed by atoms with E-state index in [2.05, 4.69) is 25.5 Å². The van der Waals surface area contributed by atoms with Crippen LogP contribution >= 0.6 is 0 Å². The lowest BCUT2D eigenvalue weighted by Gasteiger charge is -2.09. The van der Waals surface area contributed by atoms with Crippen LogP contribution in [0.2, 0.25) is 0 Å². The number of hydrogen-bond donors (Lipinski definition) is 2. The third kappa shape index (κ3) is 3.81. The maximum atomic E-state index is 13.1. The molecule has 2 N–H and O–H groups in total. The van der Waals surface area contributed by atoms with Crippen LogP contribution in [0.3, 0.4) is 0 Å².